The van der Waals surface area contributed by atoms with Gasteiger partial charge in [-0.15, -0.1) is 0 Å². The Morgan fingerprint density at radius 1 is 0.963 bits per heavy atom. The Morgan fingerprint density at radius 3 is 2.56 bits per heavy atom. The number of aliphatic hydroxyl groups excluding tert-OH is 1. The lowest BCUT2D eigenvalue weighted by Gasteiger charge is -2.09. The number of thioether (sulfide) groups is 1. The number of aromatic nitrogens is 2. The molecule has 3 nitrogen and oxygen atoms in total. The number of halogens is 1. The molecule has 4 rings (SSSR count). The zero-order valence-corrected chi connectivity index (χ0v) is 16.2. The van der Waals surface area contributed by atoms with Gasteiger partial charge in [0.1, 0.15) is 0 Å². The fourth-order valence-corrected chi connectivity index (χ4v) is 4.23. The normalized spacial score (nSPS) is 11.2. The third-order valence-electron chi connectivity index (χ3n) is 4.45. The van der Waals surface area contributed by atoms with Gasteiger partial charge in [-0.2, -0.15) is 0 Å². The van der Waals surface area contributed by atoms with Gasteiger partial charge in [0.2, 0.25) is 0 Å². The lowest BCUT2D eigenvalue weighted by Crippen LogP contribution is -2.00. The fraction of sp³-hybridized carbons (Fsp3) is 0.136. The number of nitrogens with zero attached hydrogens (tertiary/aromatic N) is 2. The molecule has 3 aromatic carbocycles. The Bertz CT molecular complexity index is 1050. The molecule has 0 radical (unpaired) electrons. The molecule has 0 aliphatic rings. The van der Waals surface area contributed by atoms with Crippen LogP contribution in [0.3, 0.4) is 0 Å². The van der Waals surface area contributed by atoms with Crippen molar-refractivity contribution in [3.63, 3.8) is 0 Å². The highest BCUT2D eigenvalue weighted by Gasteiger charge is 2.10. The Morgan fingerprint density at radius 2 is 1.74 bits per heavy atom. The van der Waals surface area contributed by atoms with E-state index in [0.717, 1.165) is 21.5 Å². The molecule has 1 aromatic heterocycles. The lowest BCUT2D eigenvalue weighted by atomic mass is 10.1. The summed E-state index contributed by atoms with van der Waals surface area (Å²) in [5, 5.41) is 13.6. The first kappa shape index (κ1) is 18.1. The number of fused-ring (bicyclic) bond motifs is 1. The molecule has 0 bridgehead atoms. The van der Waals surface area contributed by atoms with Gasteiger partial charge in [-0.05, 0) is 34.0 Å². The topological polar surface area (TPSA) is 38.0 Å². The van der Waals surface area contributed by atoms with Crippen molar-refractivity contribution in [3.05, 3.63) is 94.8 Å². The molecule has 1 heterocycles. The molecule has 0 spiro atoms. The van der Waals surface area contributed by atoms with E-state index in [1.807, 2.05) is 30.5 Å². The van der Waals surface area contributed by atoms with Gasteiger partial charge in [0.05, 0.1) is 12.3 Å². The molecular formula is C22H19ClN2OS. The zero-order chi connectivity index (χ0) is 18.6. The smallest absolute Gasteiger partial charge is 0.168 e. The van der Waals surface area contributed by atoms with Gasteiger partial charge < -0.3 is 9.67 Å². The molecule has 0 aliphatic carbocycles. The van der Waals surface area contributed by atoms with Crippen LogP contribution in [0.2, 0.25) is 5.02 Å². The van der Waals surface area contributed by atoms with Gasteiger partial charge in [0, 0.05) is 23.5 Å². The van der Waals surface area contributed by atoms with Crippen molar-refractivity contribution in [1.29, 1.82) is 0 Å². The first-order valence-corrected chi connectivity index (χ1v) is 10.1. The molecule has 4 aromatic rings. The largest absolute Gasteiger partial charge is 0.390 e. The van der Waals surface area contributed by atoms with Gasteiger partial charge in [-0.25, -0.2) is 4.98 Å². The SMILES string of the molecule is OCc1cn(Cc2ccc(Cl)cc2)c(SCc2cccc3ccccc23)n1. The summed E-state index contributed by atoms with van der Waals surface area (Å²) >= 11 is 7.67. The van der Waals surface area contributed by atoms with E-state index < -0.39 is 0 Å². The average molecular weight is 395 g/mol. The third kappa shape index (κ3) is 4.19. The molecule has 0 fully saturated rings. The van der Waals surface area contributed by atoms with E-state index in [-0.39, 0.29) is 6.61 Å². The molecule has 0 aliphatic heterocycles. The Kier molecular flexibility index (Phi) is 5.48. The van der Waals surface area contributed by atoms with E-state index >= 15 is 0 Å². The molecule has 0 atom stereocenters. The second-order valence-corrected chi connectivity index (χ2v) is 7.73. The molecule has 0 saturated carbocycles. The molecule has 5 heteroatoms. The van der Waals surface area contributed by atoms with Gasteiger partial charge >= 0.3 is 0 Å². The van der Waals surface area contributed by atoms with Gasteiger partial charge in [-0.3, -0.25) is 0 Å². The van der Waals surface area contributed by atoms with Crippen molar-refractivity contribution < 1.29 is 5.11 Å². The number of rotatable bonds is 6. The standard InChI is InChI=1S/C22H19ClN2OS/c23-19-10-8-16(9-11-19)12-25-13-20(14-26)24-22(25)27-15-18-6-3-5-17-4-1-2-7-21(17)18/h1-11,13,26H,12,14-15H2. The number of hydrogen-bond donors (Lipinski definition) is 1. The summed E-state index contributed by atoms with van der Waals surface area (Å²) in [4.78, 5) is 4.59. The van der Waals surface area contributed by atoms with Crippen molar-refractivity contribution in [1.82, 2.24) is 9.55 Å². The Balaban J connectivity index is 1.57. The van der Waals surface area contributed by atoms with Gasteiger partial charge in [-0.1, -0.05) is 78.0 Å². The van der Waals surface area contributed by atoms with E-state index in [1.165, 1.54) is 16.3 Å². The summed E-state index contributed by atoms with van der Waals surface area (Å²) in [7, 11) is 0. The highest BCUT2D eigenvalue weighted by Crippen LogP contribution is 2.27. The first-order chi connectivity index (χ1) is 13.2. The zero-order valence-electron chi connectivity index (χ0n) is 14.7. The van der Waals surface area contributed by atoms with Crippen molar-refractivity contribution in [2.45, 2.75) is 24.1 Å². The highest BCUT2D eigenvalue weighted by molar-refractivity contribution is 7.98. The Hall–Kier alpha value is -2.27. The van der Waals surface area contributed by atoms with Crippen LogP contribution in [-0.2, 0) is 18.9 Å². The summed E-state index contributed by atoms with van der Waals surface area (Å²) in [6.07, 6.45) is 1.92. The van der Waals surface area contributed by atoms with Crippen LogP contribution >= 0.6 is 23.4 Å². The van der Waals surface area contributed by atoms with Crippen molar-refractivity contribution in [2.75, 3.05) is 0 Å². The van der Waals surface area contributed by atoms with Crippen LogP contribution in [0.15, 0.2) is 78.1 Å². The van der Waals surface area contributed by atoms with Crippen LogP contribution in [0.4, 0.5) is 0 Å². The van der Waals surface area contributed by atoms with Crippen LogP contribution in [0.25, 0.3) is 10.8 Å². The summed E-state index contributed by atoms with van der Waals surface area (Å²) in [6, 6.07) is 22.6. The van der Waals surface area contributed by atoms with Crippen molar-refractivity contribution in [3.8, 4) is 0 Å². The van der Waals surface area contributed by atoms with Crippen LogP contribution in [0, 0.1) is 0 Å². The Labute approximate surface area is 167 Å². The van der Waals surface area contributed by atoms with Crippen LogP contribution in [0.5, 0.6) is 0 Å². The van der Waals surface area contributed by atoms with E-state index in [4.69, 9.17) is 11.6 Å². The molecule has 0 amide bonds. The van der Waals surface area contributed by atoms with Crippen LogP contribution < -0.4 is 0 Å². The van der Waals surface area contributed by atoms with E-state index in [1.54, 1.807) is 11.8 Å². The predicted octanol–water partition coefficient (Wildman–Crippen LogP) is 5.52. The summed E-state index contributed by atoms with van der Waals surface area (Å²) in [6.45, 7) is 0.636. The molecule has 136 valence electrons. The molecule has 0 saturated heterocycles. The highest BCUT2D eigenvalue weighted by atomic mass is 35.5. The predicted molar refractivity (Wildman–Crippen MR) is 112 cm³/mol. The van der Waals surface area contributed by atoms with E-state index in [0.29, 0.717) is 12.2 Å². The monoisotopic (exact) mass is 394 g/mol. The number of hydrogen-bond acceptors (Lipinski definition) is 3. The maximum Gasteiger partial charge on any atom is 0.168 e. The number of imidazole rings is 1. The maximum absolute atomic E-state index is 9.50. The second-order valence-electron chi connectivity index (χ2n) is 6.35. The summed E-state index contributed by atoms with van der Waals surface area (Å²) < 4.78 is 2.09. The molecule has 27 heavy (non-hydrogen) atoms. The lowest BCUT2D eigenvalue weighted by molar-refractivity contribution is 0.277. The molecule has 1 N–H and O–H groups in total. The molecule has 0 unspecified atom stereocenters. The number of benzene rings is 3. The second kappa shape index (κ2) is 8.17. The summed E-state index contributed by atoms with van der Waals surface area (Å²) in [5.74, 6) is 0.823. The first-order valence-electron chi connectivity index (χ1n) is 8.74. The van der Waals surface area contributed by atoms with Gasteiger partial charge in [0.25, 0.3) is 0 Å². The quantitative estimate of drug-likeness (QED) is 0.437. The van der Waals surface area contributed by atoms with Crippen LogP contribution in [-0.4, -0.2) is 14.7 Å². The van der Waals surface area contributed by atoms with E-state index in [9.17, 15) is 5.11 Å². The number of aliphatic hydroxyl groups is 1. The van der Waals surface area contributed by atoms with Crippen molar-refractivity contribution >= 4 is 34.1 Å². The van der Waals surface area contributed by atoms with Crippen molar-refractivity contribution in [2.24, 2.45) is 0 Å². The maximum atomic E-state index is 9.50. The minimum atomic E-state index is -0.0601. The average Bonchev–Trinajstić information content (AvgIpc) is 3.10. The molecular weight excluding hydrogens is 376 g/mol. The van der Waals surface area contributed by atoms with Gasteiger partial charge in [0.15, 0.2) is 5.16 Å². The van der Waals surface area contributed by atoms with E-state index in [2.05, 4.69) is 52.0 Å². The van der Waals surface area contributed by atoms with Crippen LogP contribution in [0.1, 0.15) is 16.8 Å². The summed E-state index contributed by atoms with van der Waals surface area (Å²) in [5.41, 5.74) is 3.11. The fourth-order valence-electron chi connectivity index (χ4n) is 3.10. The minimum absolute atomic E-state index is 0.0601. The minimum Gasteiger partial charge on any atom is -0.390 e. The third-order valence-corrected chi connectivity index (χ3v) is 5.75.